The summed E-state index contributed by atoms with van der Waals surface area (Å²) in [6.07, 6.45) is 18.1. The molecule has 2 aromatic carbocycles. The van der Waals surface area contributed by atoms with E-state index in [2.05, 4.69) is 38.1 Å². The SMILES string of the molecule is CCCCCCC[C@H]1CC[C@H](c2ccc(-c3ccc(C4OCC(CCCCC)CO4)cc3F)cc2)CC1. The van der Waals surface area contributed by atoms with Crippen molar-refractivity contribution in [2.75, 3.05) is 13.2 Å². The molecule has 1 aliphatic heterocycles. The van der Waals surface area contributed by atoms with Crippen LogP contribution in [-0.4, -0.2) is 13.2 Å². The van der Waals surface area contributed by atoms with Gasteiger partial charge in [0.1, 0.15) is 5.82 Å². The van der Waals surface area contributed by atoms with E-state index in [4.69, 9.17) is 9.47 Å². The third-order valence-corrected chi connectivity index (χ3v) is 8.70. The molecule has 0 spiro atoms. The molecule has 0 N–H and O–H groups in total. The van der Waals surface area contributed by atoms with E-state index in [1.165, 1.54) is 89.0 Å². The topological polar surface area (TPSA) is 18.5 Å². The summed E-state index contributed by atoms with van der Waals surface area (Å²) in [6.45, 7) is 5.89. The van der Waals surface area contributed by atoms with Gasteiger partial charge in [-0.15, -0.1) is 0 Å². The molecule has 0 aromatic heterocycles. The van der Waals surface area contributed by atoms with Crippen molar-refractivity contribution in [1.82, 2.24) is 0 Å². The molecule has 3 heteroatoms. The maximum Gasteiger partial charge on any atom is 0.183 e. The molecular formula is C34H49FO2. The van der Waals surface area contributed by atoms with Crippen LogP contribution in [0.1, 0.15) is 127 Å². The Morgan fingerprint density at radius 2 is 1.27 bits per heavy atom. The summed E-state index contributed by atoms with van der Waals surface area (Å²) >= 11 is 0. The summed E-state index contributed by atoms with van der Waals surface area (Å²) in [4.78, 5) is 0. The smallest absolute Gasteiger partial charge is 0.183 e. The van der Waals surface area contributed by atoms with E-state index in [9.17, 15) is 0 Å². The van der Waals surface area contributed by atoms with Gasteiger partial charge in [-0.1, -0.05) is 108 Å². The van der Waals surface area contributed by atoms with Gasteiger partial charge in [-0.3, -0.25) is 0 Å². The Morgan fingerprint density at radius 3 is 1.95 bits per heavy atom. The zero-order valence-corrected chi connectivity index (χ0v) is 23.4. The first-order valence-corrected chi connectivity index (χ1v) is 15.3. The molecular weight excluding hydrogens is 459 g/mol. The van der Waals surface area contributed by atoms with Crippen LogP contribution in [0.4, 0.5) is 4.39 Å². The molecule has 1 saturated heterocycles. The molecule has 204 valence electrons. The molecule has 0 amide bonds. The van der Waals surface area contributed by atoms with Crippen molar-refractivity contribution in [3.63, 3.8) is 0 Å². The number of ether oxygens (including phenoxy) is 2. The van der Waals surface area contributed by atoms with E-state index in [0.717, 1.165) is 23.5 Å². The first kappa shape index (κ1) is 28.3. The molecule has 1 aliphatic carbocycles. The summed E-state index contributed by atoms with van der Waals surface area (Å²) in [5, 5.41) is 0. The fourth-order valence-electron chi connectivity index (χ4n) is 6.25. The third kappa shape index (κ3) is 8.39. The first-order valence-electron chi connectivity index (χ1n) is 15.3. The van der Waals surface area contributed by atoms with Gasteiger partial charge in [0, 0.05) is 17.0 Å². The van der Waals surface area contributed by atoms with Crippen molar-refractivity contribution in [2.45, 2.75) is 116 Å². The van der Waals surface area contributed by atoms with Crippen molar-refractivity contribution in [3.05, 3.63) is 59.4 Å². The zero-order valence-electron chi connectivity index (χ0n) is 23.4. The van der Waals surface area contributed by atoms with Gasteiger partial charge < -0.3 is 9.47 Å². The molecule has 4 rings (SSSR count). The number of unbranched alkanes of at least 4 members (excludes halogenated alkanes) is 6. The largest absolute Gasteiger partial charge is 0.348 e. The van der Waals surface area contributed by atoms with Crippen molar-refractivity contribution < 1.29 is 13.9 Å². The normalized spacial score (nSPS) is 24.3. The molecule has 0 bridgehead atoms. The number of rotatable bonds is 13. The van der Waals surface area contributed by atoms with E-state index in [-0.39, 0.29) is 5.82 Å². The van der Waals surface area contributed by atoms with Gasteiger partial charge in [-0.2, -0.15) is 0 Å². The van der Waals surface area contributed by atoms with E-state index < -0.39 is 6.29 Å². The number of hydrogen-bond acceptors (Lipinski definition) is 2. The summed E-state index contributed by atoms with van der Waals surface area (Å²) in [7, 11) is 0. The van der Waals surface area contributed by atoms with Gasteiger partial charge in [-0.25, -0.2) is 4.39 Å². The Morgan fingerprint density at radius 1 is 0.676 bits per heavy atom. The van der Waals surface area contributed by atoms with Gasteiger partial charge >= 0.3 is 0 Å². The molecule has 1 saturated carbocycles. The number of halogens is 1. The van der Waals surface area contributed by atoms with E-state index in [1.807, 2.05) is 12.1 Å². The summed E-state index contributed by atoms with van der Waals surface area (Å²) < 4.78 is 27.0. The fourth-order valence-corrected chi connectivity index (χ4v) is 6.25. The van der Waals surface area contributed by atoms with Crippen LogP contribution in [0.15, 0.2) is 42.5 Å². The van der Waals surface area contributed by atoms with Crippen LogP contribution in [0.2, 0.25) is 0 Å². The van der Waals surface area contributed by atoms with Gasteiger partial charge in [0.15, 0.2) is 6.29 Å². The standard InChI is InChI=1S/C34H49FO2/c1-3-5-7-8-10-11-26-13-15-28(16-14-26)29-17-19-30(20-18-29)32-22-21-31(23-33(32)35)34-36-24-27(25-37-34)12-9-6-4-2/h17-23,26-28,34H,3-16,24-25H2,1-2H3/t26-,27?,28-,34?. The quantitative estimate of drug-likeness (QED) is 0.251. The van der Waals surface area contributed by atoms with E-state index in [1.54, 1.807) is 6.07 Å². The predicted molar refractivity (Wildman–Crippen MR) is 152 cm³/mol. The van der Waals surface area contributed by atoms with Crippen LogP contribution in [-0.2, 0) is 9.47 Å². The van der Waals surface area contributed by atoms with Crippen molar-refractivity contribution in [2.24, 2.45) is 11.8 Å². The van der Waals surface area contributed by atoms with Crippen LogP contribution in [0.5, 0.6) is 0 Å². The molecule has 2 fully saturated rings. The van der Waals surface area contributed by atoms with E-state index in [0.29, 0.717) is 30.6 Å². The average molecular weight is 509 g/mol. The van der Waals surface area contributed by atoms with Crippen LogP contribution in [0.3, 0.4) is 0 Å². The number of benzene rings is 2. The molecule has 37 heavy (non-hydrogen) atoms. The second-order valence-electron chi connectivity index (χ2n) is 11.6. The lowest BCUT2D eigenvalue weighted by atomic mass is 9.77. The highest BCUT2D eigenvalue weighted by molar-refractivity contribution is 5.65. The molecule has 0 atom stereocenters. The molecule has 0 radical (unpaired) electrons. The highest BCUT2D eigenvalue weighted by atomic mass is 19.1. The lowest BCUT2D eigenvalue weighted by Crippen LogP contribution is -2.27. The molecule has 0 unspecified atom stereocenters. The monoisotopic (exact) mass is 508 g/mol. The highest BCUT2D eigenvalue weighted by Crippen LogP contribution is 2.39. The minimum Gasteiger partial charge on any atom is -0.348 e. The lowest BCUT2D eigenvalue weighted by molar-refractivity contribution is -0.206. The molecule has 2 aliphatic rings. The Hall–Kier alpha value is -1.71. The van der Waals surface area contributed by atoms with Crippen molar-refractivity contribution in [1.29, 1.82) is 0 Å². The van der Waals surface area contributed by atoms with Crippen molar-refractivity contribution >= 4 is 0 Å². The maximum atomic E-state index is 15.1. The summed E-state index contributed by atoms with van der Waals surface area (Å²) in [5.74, 6) is 1.83. The van der Waals surface area contributed by atoms with Crippen LogP contribution >= 0.6 is 0 Å². The highest BCUT2D eigenvalue weighted by Gasteiger charge is 2.25. The molecule has 2 nitrogen and oxygen atoms in total. The lowest BCUT2D eigenvalue weighted by Gasteiger charge is -2.30. The van der Waals surface area contributed by atoms with E-state index >= 15 is 4.39 Å². The van der Waals surface area contributed by atoms with Crippen LogP contribution in [0.25, 0.3) is 11.1 Å². The third-order valence-electron chi connectivity index (χ3n) is 8.70. The number of hydrogen-bond donors (Lipinski definition) is 0. The maximum absolute atomic E-state index is 15.1. The minimum absolute atomic E-state index is 0.207. The summed E-state index contributed by atoms with van der Waals surface area (Å²) in [6, 6.07) is 14.1. The van der Waals surface area contributed by atoms with Gasteiger partial charge in [-0.05, 0) is 61.1 Å². The van der Waals surface area contributed by atoms with Crippen LogP contribution < -0.4 is 0 Å². The van der Waals surface area contributed by atoms with Gasteiger partial charge in [0.25, 0.3) is 0 Å². The van der Waals surface area contributed by atoms with Crippen LogP contribution in [0, 0.1) is 17.7 Å². The fraction of sp³-hybridized carbons (Fsp3) is 0.647. The van der Waals surface area contributed by atoms with Gasteiger partial charge in [0.2, 0.25) is 0 Å². The minimum atomic E-state index is -0.459. The second-order valence-corrected chi connectivity index (χ2v) is 11.6. The Bertz CT molecular complexity index is 908. The zero-order chi connectivity index (χ0) is 25.9. The summed E-state index contributed by atoms with van der Waals surface area (Å²) in [5.41, 5.74) is 3.78. The van der Waals surface area contributed by atoms with Gasteiger partial charge in [0.05, 0.1) is 13.2 Å². The predicted octanol–water partition coefficient (Wildman–Crippen LogP) is 10.4. The average Bonchev–Trinajstić information content (AvgIpc) is 2.94. The Labute approximate surface area is 225 Å². The molecule has 1 heterocycles. The Balaban J connectivity index is 1.25. The Kier molecular flexibility index (Phi) is 11.5. The second kappa shape index (κ2) is 15.0. The van der Waals surface area contributed by atoms with Crippen molar-refractivity contribution in [3.8, 4) is 11.1 Å². The molecule has 2 aromatic rings. The first-order chi connectivity index (χ1) is 18.2.